The molecule has 0 heterocycles. The molecule has 0 atom stereocenters. The molecule has 3 N–H and O–H groups in total. The third-order valence-corrected chi connectivity index (χ3v) is 4.60. The molecule has 0 radical (unpaired) electrons. The second-order valence-electron chi connectivity index (χ2n) is 4.88. The number of hydrogen-bond acceptors (Lipinski definition) is 4. The standard InChI is InChI=1S/C15H13F3N2O4S/c1-24-12-7-6-9(15(16,17)18)8-13(12)25(22,23)20-11-5-3-2-4-10(11)14(19)21/h2-8,20H,1H3,(H2,19,21). The van der Waals surface area contributed by atoms with Crippen LogP contribution in [0.2, 0.25) is 0 Å². The van der Waals surface area contributed by atoms with Gasteiger partial charge < -0.3 is 10.5 Å². The van der Waals surface area contributed by atoms with Crippen LogP contribution in [0.15, 0.2) is 47.4 Å². The highest BCUT2D eigenvalue weighted by Gasteiger charge is 2.33. The van der Waals surface area contributed by atoms with Gasteiger partial charge >= 0.3 is 6.18 Å². The molecule has 0 aliphatic carbocycles. The van der Waals surface area contributed by atoms with E-state index in [-0.39, 0.29) is 17.0 Å². The highest BCUT2D eigenvalue weighted by atomic mass is 32.2. The van der Waals surface area contributed by atoms with Gasteiger partial charge in [0.25, 0.3) is 15.9 Å². The molecule has 1 amide bonds. The van der Waals surface area contributed by atoms with Crippen LogP contribution in [0.5, 0.6) is 5.75 Å². The van der Waals surface area contributed by atoms with E-state index in [1.54, 1.807) is 0 Å². The van der Waals surface area contributed by atoms with Crippen LogP contribution >= 0.6 is 0 Å². The summed E-state index contributed by atoms with van der Waals surface area (Å²) in [5.41, 5.74) is 3.72. The number of halogens is 3. The number of carbonyl (C=O) groups is 1. The van der Waals surface area contributed by atoms with Crippen LogP contribution < -0.4 is 15.2 Å². The average Bonchev–Trinajstić information content (AvgIpc) is 2.53. The van der Waals surface area contributed by atoms with Gasteiger partial charge in [-0.1, -0.05) is 12.1 Å². The van der Waals surface area contributed by atoms with Crippen molar-refractivity contribution in [1.82, 2.24) is 0 Å². The van der Waals surface area contributed by atoms with Gasteiger partial charge in [0, 0.05) is 0 Å². The van der Waals surface area contributed by atoms with E-state index < -0.39 is 32.6 Å². The van der Waals surface area contributed by atoms with E-state index in [0.717, 1.165) is 13.2 Å². The van der Waals surface area contributed by atoms with Crippen LogP contribution in [-0.2, 0) is 16.2 Å². The molecule has 0 fully saturated rings. The van der Waals surface area contributed by atoms with Crippen molar-refractivity contribution in [3.63, 3.8) is 0 Å². The lowest BCUT2D eigenvalue weighted by Gasteiger charge is -2.15. The summed E-state index contributed by atoms with van der Waals surface area (Å²) in [5, 5.41) is 0. The van der Waals surface area contributed by atoms with Crippen molar-refractivity contribution >= 4 is 21.6 Å². The van der Waals surface area contributed by atoms with Crippen LogP contribution in [0, 0.1) is 0 Å². The number of methoxy groups -OCH3 is 1. The first kappa shape index (κ1) is 18.6. The zero-order valence-corrected chi connectivity index (χ0v) is 13.6. The SMILES string of the molecule is COc1ccc(C(F)(F)F)cc1S(=O)(=O)Nc1ccccc1C(N)=O. The number of hydrogen-bond donors (Lipinski definition) is 2. The van der Waals surface area contributed by atoms with Gasteiger partial charge in [0.15, 0.2) is 0 Å². The van der Waals surface area contributed by atoms with E-state index in [1.807, 2.05) is 0 Å². The molecule has 10 heteroatoms. The first-order valence-electron chi connectivity index (χ1n) is 6.73. The van der Waals surface area contributed by atoms with Crippen LogP contribution in [0.3, 0.4) is 0 Å². The number of carbonyl (C=O) groups excluding carboxylic acids is 1. The van der Waals surface area contributed by atoms with Crippen molar-refractivity contribution in [3.05, 3.63) is 53.6 Å². The van der Waals surface area contributed by atoms with Crippen LogP contribution in [0.4, 0.5) is 18.9 Å². The predicted molar refractivity (Wildman–Crippen MR) is 83.8 cm³/mol. The fourth-order valence-corrected chi connectivity index (χ4v) is 3.33. The Morgan fingerprint density at radius 2 is 1.80 bits per heavy atom. The predicted octanol–water partition coefficient (Wildman–Crippen LogP) is 2.61. The van der Waals surface area contributed by atoms with Gasteiger partial charge in [-0.05, 0) is 30.3 Å². The highest BCUT2D eigenvalue weighted by Crippen LogP contribution is 2.35. The fraction of sp³-hybridized carbons (Fsp3) is 0.133. The number of sulfonamides is 1. The number of amides is 1. The molecule has 0 saturated heterocycles. The highest BCUT2D eigenvalue weighted by molar-refractivity contribution is 7.92. The summed E-state index contributed by atoms with van der Waals surface area (Å²) in [4.78, 5) is 10.6. The largest absolute Gasteiger partial charge is 0.495 e. The Hall–Kier alpha value is -2.75. The molecule has 0 aromatic heterocycles. The van der Waals surface area contributed by atoms with Gasteiger partial charge in [0.05, 0.1) is 23.9 Å². The second-order valence-corrected chi connectivity index (χ2v) is 6.53. The molecule has 0 bridgehead atoms. The van der Waals surface area contributed by atoms with Crippen molar-refractivity contribution in [2.75, 3.05) is 11.8 Å². The van der Waals surface area contributed by atoms with Gasteiger partial charge in [0.1, 0.15) is 10.6 Å². The summed E-state index contributed by atoms with van der Waals surface area (Å²) in [6, 6.07) is 7.50. The minimum Gasteiger partial charge on any atom is -0.495 e. The number of ether oxygens (including phenoxy) is 1. The number of para-hydroxylation sites is 1. The summed E-state index contributed by atoms with van der Waals surface area (Å²) >= 11 is 0. The van der Waals surface area contributed by atoms with Gasteiger partial charge in [0.2, 0.25) is 0 Å². The molecule has 0 spiro atoms. The second kappa shape index (κ2) is 6.63. The number of anilines is 1. The van der Waals surface area contributed by atoms with E-state index in [0.29, 0.717) is 12.1 Å². The summed E-state index contributed by atoms with van der Waals surface area (Å²) in [5.74, 6) is -1.17. The first-order valence-corrected chi connectivity index (χ1v) is 8.21. The normalized spacial score (nSPS) is 11.8. The Morgan fingerprint density at radius 1 is 1.16 bits per heavy atom. The molecule has 25 heavy (non-hydrogen) atoms. The van der Waals surface area contributed by atoms with E-state index in [1.165, 1.54) is 24.3 Å². The molecule has 2 aromatic rings. The maximum atomic E-state index is 12.9. The Kier molecular flexibility index (Phi) is 4.93. The molecular weight excluding hydrogens is 361 g/mol. The number of nitrogens with one attached hydrogen (secondary N) is 1. The molecule has 0 saturated carbocycles. The van der Waals surface area contributed by atoms with Gasteiger partial charge in [-0.15, -0.1) is 0 Å². The zero-order valence-electron chi connectivity index (χ0n) is 12.8. The van der Waals surface area contributed by atoms with Crippen molar-refractivity contribution in [2.24, 2.45) is 5.73 Å². The number of primary amides is 1. The molecule has 2 rings (SSSR count). The number of rotatable bonds is 5. The van der Waals surface area contributed by atoms with Crippen LogP contribution in [0.1, 0.15) is 15.9 Å². The van der Waals surface area contributed by atoms with Crippen molar-refractivity contribution in [1.29, 1.82) is 0 Å². The monoisotopic (exact) mass is 374 g/mol. The van der Waals surface area contributed by atoms with E-state index in [9.17, 15) is 26.4 Å². The minimum atomic E-state index is -4.73. The van der Waals surface area contributed by atoms with Crippen molar-refractivity contribution in [3.8, 4) is 5.75 Å². The molecule has 134 valence electrons. The lowest BCUT2D eigenvalue weighted by molar-refractivity contribution is -0.137. The number of benzene rings is 2. The quantitative estimate of drug-likeness (QED) is 0.840. The van der Waals surface area contributed by atoms with Crippen molar-refractivity contribution in [2.45, 2.75) is 11.1 Å². The Labute approximate surface area is 141 Å². The third-order valence-electron chi connectivity index (χ3n) is 3.22. The summed E-state index contributed by atoms with van der Waals surface area (Å²) in [7, 11) is -3.35. The van der Waals surface area contributed by atoms with Crippen LogP contribution in [-0.4, -0.2) is 21.4 Å². The van der Waals surface area contributed by atoms with Gasteiger partial charge in [-0.25, -0.2) is 8.42 Å². The van der Waals surface area contributed by atoms with Crippen molar-refractivity contribution < 1.29 is 31.1 Å². The smallest absolute Gasteiger partial charge is 0.416 e. The zero-order chi connectivity index (χ0) is 18.8. The lowest BCUT2D eigenvalue weighted by atomic mass is 10.2. The van der Waals surface area contributed by atoms with E-state index in [4.69, 9.17) is 10.5 Å². The topological polar surface area (TPSA) is 98.5 Å². The Balaban J connectivity index is 2.55. The molecule has 6 nitrogen and oxygen atoms in total. The molecule has 0 aliphatic heterocycles. The molecule has 0 unspecified atom stereocenters. The molecule has 0 aliphatic rings. The Bertz CT molecular complexity index is 911. The number of alkyl halides is 3. The van der Waals surface area contributed by atoms with Crippen LogP contribution in [0.25, 0.3) is 0 Å². The molecular formula is C15H13F3N2O4S. The summed E-state index contributed by atoms with van der Waals surface area (Å²) in [6.07, 6.45) is -4.73. The third kappa shape index (κ3) is 4.02. The van der Waals surface area contributed by atoms with E-state index in [2.05, 4.69) is 4.72 Å². The number of nitrogens with two attached hydrogens (primary N) is 1. The summed E-state index contributed by atoms with van der Waals surface area (Å²) < 4.78 is 70.6. The molecule has 2 aromatic carbocycles. The fourth-order valence-electron chi connectivity index (χ4n) is 2.05. The maximum Gasteiger partial charge on any atom is 0.416 e. The van der Waals surface area contributed by atoms with Gasteiger partial charge in [-0.3, -0.25) is 9.52 Å². The van der Waals surface area contributed by atoms with Gasteiger partial charge in [-0.2, -0.15) is 13.2 Å². The first-order chi connectivity index (χ1) is 11.6. The Morgan fingerprint density at radius 3 is 2.36 bits per heavy atom. The summed E-state index contributed by atoms with van der Waals surface area (Å²) in [6.45, 7) is 0. The maximum absolute atomic E-state index is 12.9. The van der Waals surface area contributed by atoms with E-state index >= 15 is 0 Å². The minimum absolute atomic E-state index is 0.128. The average molecular weight is 374 g/mol. The lowest BCUT2D eigenvalue weighted by Crippen LogP contribution is -2.19.